The number of aromatic nitrogens is 16. The molecule has 0 saturated carbocycles. The molecule has 0 N–H and O–H groups in total. The lowest BCUT2D eigenvalue weighted by molar-refractivity contribution is 0.972. The summed E-state index contributed by atoms with van der Waals surface area (Å²) in [7, 11) is 0. The van der Waals surface area contributed by atoms with Crippen molar-refractivity contribution in [2.75, 3.05) is 0 Å². The van der Waals surface area contributed by atoms with Crippen LogP contribution in [0.4, 0.5) is 0 Å². The van der Waals surface area contributed by atoms with Gasteiger partial charge in [0.2, 0.25) is 0 Å². The SMILES string of the molecule is c1ncc2c(n1)ncn2-c1cc(-n2cnc3ncncc32)c(-n2cnc3ncncc32)cc1-n1cnc2ncncc21. The van der Waals surface area contributed by atoms with E-state index in [1.54, 1.807) is 50.1 Å². The lowest BCUT2D eigenvalue weighted by atomic mass is 10.1. The molecule has 16 nitrogen and oxygen atoms in total. The summed E-state index contributed by atoms with van der Waals surface area (Å²) in [6, 6.07) is 4.05. The minimum atomic E-state index is 0.555. The van der Waals surface area contributed by atoms with E-state index in [9.17, 15) is 0 Å². The highest BCUT2D eigenvalue weighted by Gasteiger charge is 2.22. The van der Waals surface area contributed by atoms with Crippen LogP contribution in [0.15, 0.2) is 87.5 Å². The Labute approximate surface area is 233 Å². The first-order valence-corrected chi connectivity index (χ1v) is 12.6. The fraction of sp³-hybridized carbons (Fsp3) is 0. The predicted octanol–water partition coefficient (Wildman–Crippen LogP) is 2.20. The molecule has 0 spiro atoms. The predicted molar refractivity (Wildman–Crippen MR) is 147 cm³/mol. The first-order chi connectivity index (χ1) is 20.8. The van der Waals surface area contributed by atoms with Gasteiger partial charge in [0.1, 0.15) is 72.7 Å². The molecule has 8 aromatic heterocycles. The van der Waals surface area contributed by atoms with Gasteiger partial charge in [-0.3, -0.25) is 18.3 Å². The quantitative estimate of drug-likeness (QED) is 0.313. The van der Waals surface area contributed by atoms with Crippen LogP contribution in [-0.4, -0.2) is 78.1 Å². The van der Waals surface area contributed by atoms with Crippen molar-refractivity contribution in [2.45, 2.75) is 0 Å². The average molecular weight is 551 g/mol. The fourth-order valence-electron chi connectivity index (χ4n) is 5.13. The number of fused-ring (bicyclic) bond motifs is 4. The van der Waals surface area contributed by atoms with Crippen LogP contribution in [0, 0.1) is 0 Å². The number of imidazole rings is 4. The monoisotopic (exact) mass is 550 g/mol. The molecule has 0 aliphatic heterocycles. The molecule has 9 aromatic rings. The topological polar surface area (TPSA) is 174 Å². The molecule has 9 rings (SSSR count). The summed E-state index contributed by atoms with van der Waals surface area (Å²) in [5.41, 5.74) is 8.14. The van der Waals surface area contributed by atoms with Gasteiger partial charge in [0, 0.05) is 0 Å². The van der Waals surface area contributed by atoms with Crippen molar-refractivity contribution >= 4 is 44.7 Å². The molecule has 1 aromatic carbocycles. The van der Waals surface area contributed by atoms with Crippen molar-refractivity contribution in [1.29, 1.82) is 0 Å². The summed E-state index contributed by atoms with van der Waals surface area (Å²) in [5, 5.41) is 0. The summed E-state index contributed by atoms with van der Waals surface area (Å²) in [5.74, 6) is 0. The normalized spacial score (nSPS) is 11.8. The van der Waals surface area contributed by atoms with Gasteiger partial charge in [-0.15, -0.1) is 0 Å². The Bertz CT molecular complexity index is 2110. The van der Waals surface area contributed by atoms with Crippen molar-refractivity contribution in [3.05, 3.63) is 87.5 Å². The van der Waals surface area contributed by atoms with E-state index in [-0.39, 0.29) is 0 Å². The second-order valence-electron chi connectivity index (χ2n) is 9.21. The van der Waals surface area contributed by atoms with E-state index in [1.807, 2.05) is 30.4 Å². The number of hydrogen-bond donors (Lipinski definition) is 0. The molecular formula is C26H14N16. The number of hydrogen-bond acceptors (Lipinski definition) is 12. The molecule has 0 saturated heterocycles. The van der Waals surface area contributed by atoms with E-state index in [0.29, 0.717) is 22.6 Å². The molecular weight excluding hydrogens is 536 g/mol. The van der Waals surface area contributed by atoms with Crippen LogP contribution in [0.2, 0.25) is 0 Å². The minimum absolute atomic E-state index is 0.555. The lowest BCUT2D eigenvalue weighted by Crippen LogP contribution is -2.09. The zero-order valence-corrected chi connectivity index (χ0v) is 21.2. The maximum Gasteiger partial charge on any atom is 0.181 e. The number of rotatable bonds is 4. The van der Waals surface area contributed by atoms with Crippen LogP contribution < -0.4 is 0 Å². The smallest absolute Gasteiger partial charge is 0.181 e. The van der Waals surface area contributed by atoms with E-state index < -0.39 is 0 Å². The van der Waals surface area contributed by atoms with Gasteiger partial charge in [-0.2, -0.15) is 0 Å². The Morgan fingerprint density at radius 1 is 0.333 bits per heavy atom. The van der Waals surface area contributed by atoms with E-state index in [2.05, 4.69) is 59.8 Å². The highest BCUT2D eigenvalue weighted by atomic mass is 15.2. The summed E-state index contributed by atoms with van der Waals surface area (Å²) in [4.78, 5) is 52.4. The average Bonchev–Trinajstić information content (AvgIpc) is 3.84. The molecule has 0 aliphatic rings. The third-order valence-electron chi connectivity index (χ3n) is 7.02. The van der Waals surface area contributed by atoms with Crippen molar-refractivity contribution in [2.24, 2.45) is 0 Å². The van der Waals surface area contributed by atoms with Crippen molar-refractivity contribution in [3.63, 3.8) is 0 Å². The highest BCUT2D eigenvalue weighted by Crippen LogP contribution is 2.34. The van der Waals surface area contributed by atoms with E-state index >= 15 is 0 Å². The first-order valence-electron chi connectivity index (χ1n) is 12.6. The van der Waals surface area contributed by atoms with Crippen LogP contribution in [-0.2, 0) is 0 Å². The number of nitrogens with zero attached hydrogens (tertiary/aromatic N) is 16. The Hall–Kier alpha value is -6.58. The molecule has 0 aliphatic carbocycles. The van der Waals surface area contributed by atoms with E-state index in [1.165, 1.54) is 25.3 Å². The van der Waals surface area contributed by atoms with E-state index in [4.69, 9.17) is 0 Å². The molecule has 8 heterocycles. The van der Waals surface area contributed by atoms with Crippen molar-refractivity contribution < 1.29 is 0 Å². The molecule has 0 atom stereocenters. The summed E-state index contributed by atoms with van der Waals surface area (Å²) in [6.45, 7) is 0. The van der Waals surface area contributed by atoms with Gasteiger partial charge in [0.05, 0.1) is 47.5 Å². The highest BCUT2D eigenvalue weighted by molar-refractivity contribution is 5.83. The van der Waals surface area contributed by atoms with Gasteiger partial charge in [-0.1, -0.05) is 0 Å². The molecule has 16 heteroatoms. The zero-order chi connectivity index (χ0) is 27.6. The van der Waals surface area contributed by atoms with Crippen LogP contribution in [0.1, 0.15) is 0 Å². The molecule has 0 amide bonds. The Morgan fingerprint density at radius 3 is 0.857 bits per heavy atom. The van der Waals surface area contributed by atoms with Crippen LogP contribution in [0.5, 0.6) is 0 Å². The number of benzene rings is 1. The largest absolute Gasteiger partial charge is 0.294 e. The molecule has 0 unspecified atom stereocenters. The van der Waals surface area contributed by atoms with Crippen LogP contribution >= 0.6 is 0 Å². The molecule has 0 radical (unpaired) electrons. The van der Waals surface area contributed by atoms with Crippen molar-refractivity contribution in [1.82, 2.24) is 78.1 Å². The fourth-order valence-corrected chi connectivity index (χ4v) is 5.13. The molecule has 198 valence electrons. The molecule has 0 fully saturated rings. The Balaban J connectivity index is 1.44. The van der Waals surface area contributed by atoms with Gasteiger partial charge in [-0.05, 0) is 12.1 Å². The van der Waals surface area contributed by atoms with Crippen molar-refractivity contribution in [3.8, 4) is 22.7 Å². The summed E-state index contributed by atoms with van der Waals surface area (Å²) >= 11 is 0. The third-order valence-corrected chi connectivity index (χ3v) is 7.02. The summed E-state index contributed by atoms with van der Waals surface area (Å²) < 4.78 is 7.72. The van der Waals surface area contributed by atoms with Gasteiger partial charge in [0.25, 0.3) is 0 Å². The summed E-state index contributed by atoms with van der Waals surface area (Å²) in [6.07, 6.45) is 19.6. The minimum Gasteiger partial charge on any atom is -0.294 e. The standard InChI is InChI=1S/C26H14N16/c1-15(39-11-35-23-19(39)3-27-7-31-23)17(41-13-37-25-21(41)5-29-9-33-25)2-18(42-14-38-26-22(42)6-30-10-34-26)16(1)40-12-36-24-20(40)4-28-8-32-24/h1-14H. The van der Waals surface area contributed by atoms with Crippen LogP contribution in [0.3, 0.4) is 0 Å². The lowest BCUT2D eigenvalue weighted by Gasteiger charge is -2.20. The second-order valence-corrected chi connectivity index (χ2v) is 9.21. The zero-order valence-electron chi connectivity index (χ0n) is 21.2. The first kappa shape index (κ1) is 22.3. The Morgan fingerprint density at radius 2 is 0.595 bits per heavy atom. The maximum atomic E-state index is 4.53. The van der Waals surface area contributed by atoms with Crippen LogP contribution in [0.25, 0.3) is 67.4 Å². The third kappa shape index (κ3) is 3.16. The van der Waals surface area contributed by atoms with Gasteiger partial charge in [-0.25, -0.2) is 59.8 Å². The van der Waals surface area contributed by atoms with Gasteiger partial charge >= 0.3 is 0 Å². The van der Waals surface area contributed by atoms with Gasteiger partial charge in [0.15, 0.2) is 22.6 Å². The maximum absolute atomic E-state index is 4.53. The van der Waals surface area contributed by atoms with Gasteiger partial charge < -0.3 is 0 Å². The van der Waals surface area contributed by atoms with E-state index in [0.717, 1.165) is 44.8 Å². The Kier molecular flexibility index (Phi) is 4.48. The second kappa shape index (κ2) is 8.46. The molecule has 42 heavy (non-hydrogen) atoms. The molecule has 0 bridgehead atoms.